The molecule has 86 valence electrons. The molecule has 0 saturated carbocycles. The van der Waals surface area contributed by atoms with Crippen molar-refractivity contribution in [2.45, 2.75) is 32.9 Å². The van der Waals surface area contributed by atoms with Gasteiger partial charge in [-0.1, -0.05) is 0 Å². The van der Waals surface area contributed by atoms with E-state index >= 15 is 0 Å². The van der Waals surface area contributed by atoms with E-state index in [1.54, 1.807) is 11.3 Å². The minimum Gasteiger partial charge on any atom is -0.335 e. The second-order valence-corrected chi connectivity index (χ2v) is 5.21. The lowest BCUT2D eigenvalue weighted by molar-refractivity contribution is 0.634. The summed E-state index contributed by atoms with van der Waals surface area (Å²) in [4.78, 5) is 6.90. The Labute approximate surface area is 99.9 Å². The van der Waals surface area contributed by atoms with Crippen LogP contribution in [0.3, 0.4) is 0 Å². The molecule has 2 aromatic heterocycles. The maximum absolute atomic E-state index is 6.18. The van der Waals surface area contributed by atoms with Crippen LogP contribution in [0.25, 0.3) is 0 Å². The van der Waals surface area contributed by atoms with Gasteiger partial charge in [0.25, 0.3) is 0 Å². The molecule has 0 aliphatic heterocycles. The van der Waals surface area contributed by atoms with Crippen molar-refractivity contribution in [3.05, 3.63) is 40.1 Å². The molecule has 3 nitrogen and oxygen atoms in total. The van der Waals surface area contributed by atoms with Gasteiger partial charge >= 0.3 is 0 Å². The number of aromatic nitrogens is 2. The Balaban J connectivity index is 2.10. The zero-order valence-electron chi connectivity index (χ0n) is 9.68. The van der Waals surface area contributed by atoms with Gasteiger partial charge in [-0.3, -0.25) is 0 Å². The molecule has 4 heteroatoms. The zero-order valence-corrected chi connectivity index (χ0v) is 10.5. The van der Waals surface area contributed by atoms with Crippen LogP contribution < -0.4 is 5.73 Å². The molecule has 2 N–H and O–H groups in total. The molecule has 1 atom stereocenters. The third kappa shape index (κ3) is 2.33. The highest BCUT2D eigenvalue weighted by Crippen LogP contribution is 2.23. The topological polar surface area (TPSA) is 43.8 Å². The van der Waals surface area contributed by atoms with E-state index in [2.05, 4.69) is 35.5 Å². The standard InChI is InChI=1S/C12H17N3S/c1-3-15-7-6-14-12(15)8-10(13)11-5-4-9(2)16-11/h4-7,10H,3,8,13H2,1-2H3. The number of nitrogens with two attached hydrogens (primary N) is 1. The molecule has 0 bridgehead atoms. The summed E-state index contributed by atoms with van der Waals surface area (Å²) < 4.78 is 2.14. The molecule has 0 aliphatic carbocycles. The van der Waals surface area contributed by atoms with Crippen LogP contribution in [0.4, 0.5) is 0 Å². The van der Waals surface area contributed by atoms with E-state index in [0.29, 0.717) is 0 Å². The number of rotatable bonds is 4. The number of hydrogen-bond acceptors (Lipinski definition) is 3. The summed E-state index contributed by atoms with van der Waals surface area (Å²) in [6.07, 6.45) is 4.65. The third-order valence-corrected chi connectivity index (χ3v) is 3.80. The number of imidazole rings is 1. The Hall–Kier alpha value is -1.13. The van der Waals surface area contributed by atoms with Crippen molar-refractivity contribution >= 4 is 11.3 Å². The predicted octanol–water partition coefficient (Wildman–Crippen LogP) is 2.52. The highest BCUT2D eigenvalue weighted by molar-refractivity contribution is 7.12. The first-order chi connectivity index (χ1) is 7.70. The first-order valence-electron chi connectivity index (χ1n) is 5.52. The number of hydrogen-bond donors (Lipinski definition) is 1. The van der Waals surface area contributed by atoms with E-state index < -0.39 is 0 Å². The molecular weight excluding hydrogens is 218 g/mol. The van der Waals surface area contributed by atoms with Crippen molar-refractivity contribution in [3.63, 3.8) is 0 Å². The van der Waals surface area contributed by atoms with Gasteiger partial charge in [0, 0.05) is 41.2 Å². The highest BCUT2D eigenvalue weighted by Gasteiger charge is 2.12. The van der Waals surface area contributed by atoms with Crippen LogP contribution in [-0.2, 0) is 13.0 Å². The van der Waals surface area contributed by atoms with Crippen LogP contribution in [-0.4, -0.2) is 9.55 Å². The fourth-order valence-electron chi connectivity index (χ4n) is 1.77. The predicted molar refractivity (Wildman–Crippen MR) is 67.6 cm³/mol. The van der Waals surface area contributed by atoms with E-state index in [1.165, 1.54) is 9.75 Å². The monoisotopic (exact) mass is 235 g/mol. The third-order valence-electron chi connectivity index (χ3n) is 2.67. The smallest absolute Gasteiger partial charge is 0.110 e. The Morgan fingerprint density at radius 1 is 1.50 bits per heavy atom. The van der Waals surface area contributed by atoms with Crippen molar-refractivity contribution in [2.24, 2.45) is 5.73 Å². The van der Waals surface area contributed by atoms with Crippen LogP contribution in [0.15, 0.2) is 24.5 Å². The van der Waals surface area contributed by atoms with Crippen LogP contribution in [0.5, 0.6) is 0 Å². The summed E-state index contributed by atoms with van der Waals surface area (Å²) in [5.41, 5.74) is 6.18. The maximum Gasteiger partial charge on any atom is 0.110 e. The van der Waals surface area contributed by atoms with Gasteiger partial charge in [-0.25, -0.2) is 4.98 Å². The fourth-order valence-corrected chi connectivity index (χ4v) is 2.65. The van der Waals surface area contributed by atoms with Gasteiger partial charge in [0.15, 0.2) is 0 Å². The van der Waals surface area contributed by atoms with Crippen LogP contribution in [0, 0.1) is 6.92 Å². The van der Waals surface area contributed by atoms with Crippen LogP contribution >= 0.6 is 11.3 Å². The van der Waals surface area contributed by atoms with Gasteiger partial charge < -0.3 is 10.3 Å². The zero-order chi connectivity index (χ0) is 11.5. The van der Waals surface area contributed by atoms with Crippen LogP contribution in [0.2, 0.25) is 0 Å². The van der Waals surface area contributed by atoms with Gasteiger partial charge in [0.1, 0.15) is 5.82 Å². The molecular formula is C12H17N3S. The molecule has 2 rings (SSSR count). The average molecular weight is 235 g/mol. The number of aryl methyl sites for hydroxylation is 2. The summed E-state index contributed by atoms with van der Waals surface area (Å²) in [6, 6.07) is 4.29. The van der Waals surface area contributed by atoms with Gasteiger partial charge in [-0.15, -0.1) is 11.3 Å². The quantitative estimate of drug-likeness (QED) is 0.885. The lowest BCUT2D eigenvalue weighted by atomic mass is 10.2. The number of thiophene rings is 1. The largest absolute Gasteiger partial charge is 0.335 e. The van der Waals surface area contributed by atoms with Crippen molar-refractivity contribution < 1.29 is 0 Å². The molecule has 0 saturated heterocycles. The molecule has 0 amide bonds. The molecule has 0 radical (unpaired) electrons. The van der Waals surface area contributed by atoms with Crippen molar-refractivity contribution in [1.82, 2.24) is 9.55 Å². The van der Waals surface area contributed by atoms with E-state index in [-0.39, 0.29) is 6.04 Å². The molecule has 1 unspecified atom stereocenters. The molecule has 0 aliphatic rings. The van der Waals surface area contributed by atoms with E-state index in [4.69, 9.17) is 5.73 Å². The summed E-state index contributed by atoms with van der Waals surface area (Å²) >= 11 is 1.77. The lowest BCUT2D eigenvalue weighted by Crippen LogP contribution is -2.15. The first-order valence-corrected chi connectivity index (χ1v) is 6.34. The van der Waals surface area contributed by atoms with Gasteiger partial charge in [0.05, 0.1) is 0 Å². The molecule has 0 fully saturated rings. The van der Waals surface area contributed by atoms with Crippen molar-refractivity contribution in [3.8, 4) is 0 Å². The summed E-state index contributed by atoms with van der Waals surface area (Å²) in [6.45, 7) is 5.17. The Bertz CT molecular complexity index is 458. The minimum atomic E-state index is 0.0615. The molecule has 16 heavy (non-hydrogen) atoms. The second kappa shape index (κ2) is 4.80. The first kappa shape index (κ1) is 11.4. The Morgan fingerprint density at radius 2 is 2.31 bits per heavy atom. The van der Waals surface area contributed by atoms with Gasteiger partial charge in [-0.2, -0.15) is 0 Å². The Kier molecular flexibility index (Phi) is 3.41. The average Bonchev–Trinajstić information content (AvgIpc) is 2.86. The fraction of sp³-hybridized carbons (Fsp3) is 0.417. The van der Waals surface area contributed by atoms with Crippen molar-refractivity contribution in [2.75, 3.05) is 0 Å². The minimum absolute atomic E-state index is 0.0615. The summed E-state index contributed by atoms with van der Waals surface area (Å²) in [7, 11) is 0. The Morgan fingerprint density at radius 3 is 2.94 bits per heavy atom. The molecule has 2 aromatic rings. The van der Waals surface area contributed by atoms with Gasteiger partial charge in [0.2, 0.25) is 0 Å². The second-order valence-electron chi connectivity index (χ2n) is 3.89. The molecule has 0 aromatic carbocycles. The van der Waals surface area contributed by atoms with Crippen molar-refractivity contribution in [1.29, 1.82) is 0 Å². The molecule has 0 spiro atoms. The van der Waals surface area contributed by atoms with Gasteiger partial charge in [-0.05, 0) is 26.0 Å². The number of nitrogens with zero attached hydrogens (tertiary/aromatic N) is 2. The maximum atomic E-state index is 6.18. The SMILES string of the molecule is CCn1ccnc1CC(N)c1ccc(C)s1. The van der Waals surface area contributed by atoms with E-state index in [1.807, 2.05) is 12.4 Å². The van der Waals surface area contributed by atoms with E-state index in [0.717, 1.165) is 18.8 Å². The van der Waals surface area contributed by atoms with Crippen LogP contribution in [0.1, 0.15) is 28.5 Å². The van der Waals surface area contributed by atoms with E-state index in [9.17, 15) is 0 Å². The lowest BCUT2D eigenvalue weighted by Gasteiger charge is -2.10. The normalized spacial score (nSPS) is 12.9. The highest BCUT2D eigenvalue weighted by atomic mass is 32.1. The summed E-state index contributed by atoms with van der Waals surface area (Å²) in [5, 5.41) is 0. The molecule has 2 heterocycles. The summed E-state index contributed by atoms with van der Waals surface area (Å²) in [5.74, 6) is 1.07.